The highest BCUT2D eigenvalue weighted by Gasteiger charge is 2.25. The third-order valence-electron chi connectivity index (χ3n) is 5.30. The Labute approximate surface area is 128 Å². The van der Waals surface area contributed by atoms with E-state index in [1.807, 2.05) is 0 Å². The first-order valence-corrected chi connectivity index (χ1v) is 9.75. The van der Waals surface area contributed by atoms with Gasteiger partial charge in [0, 0.05) is 49.8 Å². The number of thioether (sulfide) groups is 1. The van der Waals surface area contributed by atoms with Crippen LogP contribution < -0.4 is 5.32 Å². The minimum atomic E-state index is 0.927. The van der Waals surface area contributed by atoms with Crippen molar-refractivity contribution in [1.82, 2.24) is 15.1 Å². The maximum atomic E-state index is 3.46. The van der Waals surface area contributed by atoms with E-state index in [1.165, 1.54) is 90.1 Å². The molecule has 2 saturated heterocycles. The van der Waals surface area contributed by atoms with Gasteiger partial charge in [0.15, 0.2) is 0 Å². The van der Waals surface area contributed by atoms with Gasteiger partial charge in [-0.2, -0.15) is 11.8 Å². The molecule has 0 bridgehead atoms. The molecule has 0 atom stereocenters. The van der Waals surface area contributed by atoms with Crippen LogP contribution in [-0.2, 0) is 0 Å². The maximum absolute atomic E-state index is 3.46. The van der Waals surface area contributed by atoms with Crippen molar-refractivity contribution < 1.29 is 0 Å². The van der Waals surface area contributed by atoms with Gasteiger partial charge < -0.3 is 5.32 Å². The zero-order valence-electron chi connectivity index (χ0n) is 12.9. The third kappa shape index (κ3) is 4.36. The molecular weight excluding hydrogens is 266 g/mol. The molecule has 0 radical (unpaired) electrons. The summed E-state index contributed by atoms with van der Waals surface area (Å²) >= 11 is 2.22. The first kappa shape index (κ1) is 15.1. The summed E-state index contributed by atoms with van der Waals surface area (Å²) in [7, 11) is 0. The molecule has 116 valence electrons. The highest BCUT2D eigenvalue weighted by Crippen LogP contribution is 2.24. The van der Waals surface area contributed by atoms with Crippen LogP contribution in [0.3, 0.4) is 0 Å². The minimum absolute atomic E-state index is 0.927. The smallest absolute Gasteiger partial charge is 0.0113 e. The van der Waals surface area contributed by atoms with Crippen molar-refractivity contribution in [1.29, 1.82) is 0 Å². The van der Waals surface area contributed by atoms with E-state index < -0.39 is 0 Å². The summed E-state index contributed by atoms with van der Waals surface area (Å²) in [4.78, 5) is 5.46. The van der Waals surface area contributed by atoms with Crippen LogP contribution in [-0.4, -0.2) is 72.7 Å². The topological polar surface area (TPSA) is 18.5 Å². The second-order valence-electron chi connectivity index (χ2n) is 6.64. The highest BCUT2D eigenvalue weighted by molar-refractivity contribution is 7.99. The molecule has 1 aliphatic carbocycles. The Bertz CT molecular complexity index is 267. The first-order chi connectivity index (χ1) is 9.92. The molecule has 0 unspecified atom stereocenters. The van der Waals surface area contributed by atoms with Crippen molar-refractivity contribution in [2.45, 2.75) is 49.8 Å². The average Bonchev–Trinajstić information content (AvgIpc) is 3.03. The fourth-order valence-electron chi connectivity index (χ4n) is 3.93. The van der Waals surface area contributed by atoms with Gasteiger partial charge in [-0.05, 0) is 38.8 Å². The highest BCUT2D eigenvalue weighted by atomic mass is 32.2. The van der Waals surface area contributed by atoms with Crippen molar-refractivity contribution in [3.63, 3.8) is 0 Å². The molecule has 20 heavy (non-hydrogen) atoms. The van der Waals surface area contributed by atoms with Crippen molar-refractivity contribution >= 4 is 11.8 Å². The number of piperazine rings is 1. The number of hydrogen-bond acceptors (Lipinski definition) is 4. The van der Waals surface area contributed by atoms with E-state index in [2.05, 4.69) is 26.9 Å². The molecule has 0 aromatic rings. The molecule has 3 rings (SSSR count). The standard InChI is InChI=1S/C16H31N3S/c1-2-4-15(3-1)19-11-9-18(10-12-19)13-14-20-16-5-7-17-8-6-16/h15-17H,1-14H2. The van der Waals surface area contributed by atoms with Crippen molar-refractivity contribution in [3.05, 3.63) is 0 Å². The van der Waals surface area contributed by atoms with Crippen LogP contribution in [0.5, 0.6) is 0 Å². The van der Waals surface area contributed by atoms with Crippen molar-refractivity contribution in [3.8, 4) is 0 Å². The van der Waals surface area contributed by atoms with E-state index in [-0.39, 0.29) is 0 Å². The van der Waals surface area contributed by atoms with E-state index >= 15 is 0 Å². The molecule has 1 N–H and O–H groups in total. The summed E-state index contributed by atoms with van der Waals surface area (Å²) in [5.74, 6) is 1.34. The number of piperidine rings is 1. The summed E-state index contributed by atoms with van der Waals surface area (Å²) in [5, 5.41) is 4.38. The van der Waals surface area contributed by atoms with Crippen LogP contribution in [0.4, 0.5) is 0 Å². The van der Waals surface area contributed by atoms with Crippen molar-refractivity contribution in [2.24, 2.45) is 0 Å². The van der Waals surface area contributed by atoms with Gasteiger partial charge in [-0.1, -0.05) is 12.8 Å². The Balaban J connectivity index is 1.28. The van der Waals surface area contributed by atoms with E-state index in [0.29, 0.717) is 0 Å². The summed E-state index contributed by atoms with van der Waals surface area (Å²) in [5.41, 5.74) is 0. The van der Waals surface area contributed by atoms with E-state index in [1.54, 1.807) is 0 Å². The van der Waals surface area contributed by atoms with Gasteiger partial charge in [0.2, 0.25) is 0 Å². The van der Waals surface area contributed by atoms with Crippen molar-refractivity contribution in [2.75, 3.05) is 51.6 Å². The molecule has 2 aliphatic heterocycles. The quantitative estimate of drug-likeness (QED) is 0.836. The second-order valence-corrected chi connectivity index (χ2v) is 8.04. The normalized spacial score (nSPS) is 28.2. The molecule has 1 saturated carbocycles. The van der Waals surface area contributed by atoms with Gasteiger partial charge in [-0.25, -0.2) is 0 Å². The van der Waals surface area contributed by atoms with Crippen LogP contribution in [0.2, 0.25) is 0 Å². The lowest BCUT2D eigenvalue weighted by Gasteiger charge is -2.38. The lowest BCUT2D eigenvalue weighted by Crippen LogP contribution is -2.50. The van der Waals surface area contributed by atoms with Gasteiger partial charge >= 0.3 is 0 Å². The summed E-state index contributed by atoms with van der Waals surface area (Å²) in [6, 6.07) is 0.932. The van der Waals surface area contributed by atoms with Crippen LogP contribution in [0.1, 0.15) is 38.5 Å². The number of nitrogens with zero attached hydrogens (tertiary/aromatic N) is 2. The maximum Gasteiger partial charge on any atom is 0.0113 e. The Morgan fingerprint density at radius 2 is 1.60 bits per heavy atom. The largest absolute Gasteiger partial charge is 0.317 e. The monoisotopic (exact) mass is 297 g/mol. The molecule has 2 heterocycles. The molecule has 3 fully saturated rings. The van der Waals surface area contributed by atoms with Crippen LogP contribution >= 0.6 is 11.8 Å². The Morgan fingerprint density at radius 3 is 2.30 bits per heavy atom. The summed E-state index contributed by atoms with van der Waals surface area (Å²) in [6.07, 6.45) is 8.62. The molecule has 0 spiro atoms. The lowest BCUT2D eigenvalue weighted by atomic mass is 10.2. The Hall–Kier alpha value is 0.230. The fraction of sp³-hybridized carbons (Fsp3) is 1.00. The molecular formula is C16H31N3S. The summed E-state index contributed by atoms with van der Waals surface area (Å²) < 4.78 is 0. The molecule has 0 amide bonds. The van der Waals surface area contributed by atoms with E-state index in [4.69, 9.17) is 0 Å². The molecule has 3 aliphatic rings. The Kier molecular flexibility index (Phi) is 6.07. The van der Waals surface area contributed by atoms with Gasteiger partial charge in [-0.15, -0.1) is 0 Å². The fourth-order valence-corrected chi connectivity index (χ4v) is 5.20. The lowest BCUT2D eigenvalue weighted by molar-refractivity contribution is 0.102. The molecule has 3 nitrogen and oxygen atoms in total. The van der Waals surface area contributed by atoms with E-state index in [0.717, 1.165) is 11.3 Å². The zero-order chi connectivity index (χ0) is 13.6. The number of rotatable bonds is 5. The van der Waals surface area contributed by atoms with Gasteiger partial charge in [-0.3, -0.25) is 9.80 Å². The molecule has 4 heteroatoms. The van der Waals surface area contributed by atoms with Gasteiger partial charge in [0.1, 0.15) is 0 Å². The van der Waals surface area contributed by atoms with Gasteiger partial charge in [0.05, 0.1) is 0 Å². The first-order valence-electron chi connectivity index (χ1n) is 8.70. The second kappa shape index (κ2) is 8.02. The van der Waals surface area contributed by atoms with Crippen LogP contribution in [0.15, 0.2) is 0 Å². The summed E-state index contributed by atoms with van der Waals surface area (Å²) in [6.45, 7) is 9.04. The molecule has 0 aromatic carbocycles. The SMILES string of the molecule is C1CCC(N2CCN(CCSC3CCNCC3)CC2)C1. The molecule has 0 aromatic heterocycles. The van der Waals surface area contributed by atoms with Gasteiger partial charge in [0.25, 0.3) is 0 Å². The predicted octanol–water partition coefficient (Wildman–Crippen LogP) is 2.03. The van der Waals surface area contributed by atoms with Crippen LogP contribution in [0.25, 0.3) is 0 Å². The minimum Gasteiger partial charge on any atom is -0.317 e. The number of hydrogen-bond donors (Lipinski definition) is 1. The predicted molar refractivity (Wildman–Crippen MR) is 88.6 cm³/mol. The zero-order valence-corrected chi connectivity index (χ0v) is 13.7. The Morgan fingerprint density at radius 1 is 0.900 bits per heavy atom. The van der Waals surface area contributed by atoms with Crippen LogP contribution in [0, 0.1) is 0 Å². The number of nitrogens with one attached hydrogen (secondary N) is 1. The third-order valence-corrected chi connectivity index (χ3v) is 6.66. The van der Waals surface area contributed by atoms with E-state index in [9.17, 15) is 0 Å². The average molecular weight is 298 g/mol.